The lowest BCUT2D eigenvalue weighted by Gasteiger charge is -2.18. The molecule has 0 radical (unpaired) electrons. The Kier molecular flexibility index (Phi) is 4.74. The van der Waals surface area contributed by atoms with Crippen LogP contribution in [0.4, 0.5) is 4.79 Å². The van der Waals surface area contributed by atoms with Gasteiger partial charge in [0.2, 0.25) is 0 Å². The third-order valence-corrected chi connectivity index (χ3v) is 1.97. The molecule has 104 valence electrons. The highest BCUT2D eigenvalue weighted by molar-refractivity contribution is 5.82. The van der Waals surface area contributed by atoms with Crippen LogP contribution in [0.15, 0.2) is 23.3 Å². The molecule has 6 heteroatoms. The van der Waals surface area contributed by atoms with Crippen LogP contribution in [0.5, 0.6) is 11.5 Å². The van der Waals surface area contributed by atoms with Crippen molar-refractivity contribution in [1.29, 1.82) is 0 Å². The van der Waals surface area contributed by atoms with Crippen molar-refractivity contribution in [2.45, 2.75) is 26.4 Å². The summed E-state index contributed by atoms with van der Waals surface area (Å²) in [5, 5.41) is 13.2. The number of phenolic OH excluding ortho intramolecular Hbond substituents is 1. The molecule has 0 aromatic heterocycles. The first-order valence-electron chi connectivity index (χ1n) is 5.71. The van der Waals surface area contributed by atoms with Gasteiger partial charge in [-0.05, 0) is 44.5 Å². The van der Waals surface area contributed by atoms with Crippen LogP contribution in [0.2, 0.25) is 0 Å². The van der Waals surface area contributed by atoms with Gasteiger partial charge in [-0.3, -0.25) is 0 Å². The number of hydrogen-bond acceptors (Lipinski definition) is 5. The summed E-state index contributed by atoms with van der Waals surface area (Å²) in [5.74, 6) is 0.376. The molecule has 0 bridgehead atoms. The molecule has 0 saturated carbocycles. The van der Waals surface area contributed by atoms with E-state index in [2.05, 4.69) is 10.5 Å². The van der Waals surface area contributed by atoms with Gasteiger partial charge in [0, 0.05) is 0 Å². The first-order chi connectivity index (χ1) is 8.81. The van der Waals surface area contributed by atoms with Crippen LogP contribution in [0.3, 0.4) is 0 Å². The average Bonchev–Trinajstić information content (AvgIpc) is 2.29. The maximum atomic E-state index is 11.3. The second-order valence-electron chi connectivity index (χ2n) is 4.80. The topological polar surface area (TPSA) is 80.2 Å². The Labute approximate surface area is 112 Å². The predicted octanol–water partition coefficient (Wildman–Crippen LogP) is 2.26. The maximum absolute atomic E-state index is 11.3. The number of amides is 1. The molecule has 1 aromatic rings. The van der Waals surface area contributed by atoms with Crippen molar-refractivity contribution in [2.24, 2.45) is 5.10 Å². The molecule has 0 aliphatic heterocycles. The van der Waals surface area contributed by atoms with Gasteiger partial charge < -0.3 is 14.6 Å². The summed E-state index contributed by atoms with van der Waals surface area (Å²) in [6.07, 6.45) is 0.792. The lowest BCUT2D eigenvalue weighted by atomic mass is 10.2. The Balaban J connectivity index is 2.60. The molecule has 0 fully saturated rings. The molecule has 0 saturated heterocycles. The van der Waals surface area contributed by atoms with Gasteiger partial charge >= 0.3 is 6.09 Å². The maximum Gasteiger partial charge on any atom is 0.428 e. The molecule has 6 nitrogen and oxygen atoms in total. The second kappa shape index (κ2) is 6.08. The summed E-state index contributed by atoms with van der Waals surface area (Å²) in [7, 11) is 1.45. The summed E-state index contributed by atoms with van der Waals surface area (Å²) in [6, 6.07) is 4.71. The fraction of sp³-hybridized carbons (Fsp3) is 0.385. The minimum Gasteiger partial charge on any atom is -0.504 e. The highest BCUT2D eigenvalue weighted by Gasteiger charge is 2.15. The van der Waals surface area contributed by atoms with E-state index in [4.69, 9.17) is 9.47 Å². The van der Waals surface area contributed by atoms with Gasteiger partial charge in [-0.25, -0.2) is 10.2 Å². The third-order valence-electron chi connectivity index (χ3n) is 1.97. The molecule has 19 heavy (non-hydrogen) atoms. The number of nitrogens with one attached hydrogen (secondary N) is 1. The number of phenols is 1. The fourth-order valence-corrected chi connectivity index (χ4v) is 1.23. The normalized spacial score (nSPS) is 11.4. The van der Waals surface area contributed by atoms with Gasteiger partial charge in [0.1, 0.15) is 5.60 Å². The quantitative estimate of drug-likeness (QED) is 0.649. The van der Waals surface area contributed by atoms with Crippen LogP contribution in [-0.4, -0.2) is 30.1 Å². The number of rotatable bonds is 3. The first kappa shape index (κ1) is 14.8. The van der Waals surface area contributed by atoms with Crippen molar-refractivity contribution in [3.8, 4) is 11.5 Å². The summed E-state index contributed by atoms with van der Waals surface area (Å²) in [4.78, 5) is 11.3. The SMILES string of the molecule is COc1cc(/C=N\NC(=O)OC(C)(C)C)ccc1O. The van der Waals surface area contributed by atoms with Crippen molar-refractivity contribution in [2.75, 3.05) is 7.11 Å². The molecule has 0 atom stereocenters. The molecule has 0 heterocycles. The summed E-state index contributed by atoms with van der Waals surface area (Å²) < 4.78 is 9.97. The highest BCUT2D eigenvalue weighted by Crippen LogP contribution is 2.25. The van der Waals surface area contributed by atoms with Gasteiger partial charge in [0.15, 0.2) is 11.5 Å². The van der Waals surface area contributed by atoms with Crippen LogP contribution in [0.25, 0.3) is 0 Å². The molecule has 0 aliphatic rings. The number of aromatic hydroxyl groups is 1. The van der Waals surface area contributed by atoms with E-state index in [0.717, 1.165) is 0 Å². The van der Waals surface area contributed by atoms with Crippen LogP contribution < -0.4 is 10.2 Å². The van der Waals surface area contributed by atoms with Crippen LogP contribution >= 0.6 is 0 Å². The van der Waals surface area contributed by atoms with Crippen molar-refractivity contribution in [3.05, 3.63) is 23.8 Å². The van der Waals surface area contributed by atoms with Crippen molar-refractivity contribution >= 4 is 12.3 Å². The van der Waals surface area contributed by atoms with E-state index in [0.29, 0.717) is 11.3 Å². The van der Waals surface area contributed by atoms with E-state index >= 15 is 0 Å². The van der Waals surface area contributed by atoms with Gasteiger partial charge in [-0.15, -0.1) is 0 Å². The molecular weight excluding hydrogens is 248 g/mol. The lowest BCUT2D eigenvalue weighted by molar-refractivity contribution is 0.0529. The molecule has 1 amide bonds. The molecule has 2 N–H and O–H groups in total. The Morgan fingerprint density at radius 3 is 2.68 bits per heavy atom. The number of benzene rings is 1. The molecule has 0 spiro atoms. The standard InChI is InChI=1S/C13H18N2O4/c1-13(2,3)19-12(17)15-14-8-9-5-6-10(16)11(7-9)18-4/h5-8,16H,1-4H3,(H,15,17)/b14-8-. The Hall–Kier alpha value is -2.24. The van der Waals surface area contributed by atoms with Crippen molar-refractivity contribution < 1.29 is 19.4 Å². The highest BCUT2D eigenvalue weighted by atomic mass is 16.6. The molecule has 1 aromatic carbocycles. The van der Waals surface area contributed by atoms with E-state index in [9.17, 15) is 9.90 Å². The zero-order chi connectivity index (χ0) is 14.5. The second-order valence-corrected chi connectivity index (χ2v) is 4.80. The Bertz CT molecular complexity index is 478. The van der Waals surface area contributed by atoms with E-state index in [-0.39, 0.29) is 5.75 Å². The third kappa shape index (κ3) is 5.29. The smallest absolute Gasteiger partial charge is 0.428 e. The zero-order valence-corrected chi connectivity index (χ0v) is 11.4. The lowest BCUT2D eigenvalue weighted by Crippen LogP contribution is -2.29. The number of carbonyl (C=O) groups is 1. The largest absolute Gasteiger partial charge is 0.504 e. The average molecular weight is 266 g/mol. The van der Waals surface area contributed by atoms with Crippen LogP contribution in [0.1, 0.15) is 26.3 Å². The Morgan fingerprint density at radius 2 is 2.11 bits per heavy atom. The van der Waals surface area contributed by atoms with Gasteiger partial charge in [0.25, 0.3) is 0 Å². The number of methoxy groups -OCH3 is 1. The summed E-state index contributed by atoms with van der Waals surface area (Å²) in [6.45, 7) is 5.30. The Morgan fingerprint density at radius 1 is 1.42 bits per heavy atom. The monoisotopic (exact) mass is 266 g/mol. The fourth-order valence-electron chi connectivity index (χ4n) is 1.23. The minimum absolute atomic E-state index is 0.0414. The number of hydrogen-bond donors (Lipinski definition) is 2. The predicted molar refractivity (Wildman–Crippen MR) is 71.6 cm³/mol. The number of hydrazone groups is 1. The van der Waals surface area contributed by atoms with E-state index in [1.165, 1.54) is 19.4 Å². The van der Waals surface area contributed by atoms with Gasteiger partial charge in [-0.1, -0.05) is 0 Å². The van der Waals surface area contributed by atoms with Gasteiger partial charge in [-0.2, -0.15) is 5.10 Å². The van der Waals surface area contributed by atoms with Crippen molar-refractivity contribution in [3.63, 3.8) is 0 Å². The van der Waals surface area contributed by atoms with E-state index in [1.54, 1.807) is 32.9 Å². The van der Waals surface area contributed by atoms with E-state index in [1.807, 2.05) is 0 Å². The summed E-state index contributed by atoms with van der Waals surface area (Å²) >= 11 is 0. The first-order valence-corrected chi connectivity index (χ1v) is 5.71. The number of carbonyl (C=O) groups excluding carboxylic acids is 1. The van der Waals surface area contributed by atoms with Crippen molar-refractivity contribution in [1.82, 2.24) is 5.43 Å². The van der Waals surface area contributed by atoms with E-state index < -0.39 is 11.7 Å². The van der Waals surface area contributed by atoms with Crippen LogP contribution in [0, 0.1) is 0 Å². The number of nitrogens with zero attached hydrogens (tertiary/aromatic N) is 1. The molecule has 0 unspecified atom stereocenters. The van der Waals surface area contributed by atoms with Crippen LogP contribution in [-0.2, 0) is 4.74 Å². The minimum atomic E-state index is -0.630. The molecule has 1 rings (SSSR count). The van der Waals surface area contributed by atoms with Gasteiger partial charge in [0.05, 0.1) is 13.3 Å². The summed E-state index contributed by atoms with van der Waals surface area (Å²) in [5.41, 5.74) is 2.35. The number of ether oxygens (including phenoxy) is 2. The zero-order valence-electron chi connectivity index (χ0n) is 11.4. The molecule has 0 aliphatic carbocycles. The molecular formula is C13H18N2O4.